The zero-order chi connectivity index (χ0) is 14.4. The lowest BCUT2D eigenvalue weighted by atomic mass is 10.0. The lowest BCUT2D eigenvalue weighted by molar-refractivity contribution is 0.105. The van der Waals surface area contributed by atoms with Crippen LogP contribution in [0, 0.1) is 11.3 Å². The largest absolute Gasteiger partial charge is 0.394 e. The van der Waals surface area contributed by atoms with Gasteiger partial charge < -0.3 is 15.5 Å². The van der Waals surface area contributed by atoms with Crippen LogP contribution in [-0.4, -0.2) is 29.5 Å². The molecular formula is C16H16N2O2. The van der Waals surface area contributed by atoms with Gasteiger partial charge in [0.1, 0.15) is 0 Å². The Kier molecular flexibility index (Phi) is 4.72. The summed E-state index contributed by atoms with van der Waals surface area (Å²) in [4.78, 5) is 0. The van der Waals surface area contributed by atoms with Crippen molar-refractivity contribution in [1.82, 2.24) is 0 Å². The van der Waals surface area contributed by atoms with Gasteiger partial charge in [-0.25, -0.2) is 0 Å². The van der Waals surface area contributed by atoms with Crippen LogP contribution in [0.5, 0.6) is 0 Å². The molecule has 0 fully saturated rings. The first-order valence-corrected chi connectivity index (χ1v) is 6.37. The van der Waals surface area contributed by atoms with Gasteiger partial charge in [-0.1, -0.05) is 30.3 Å². The van der Waals surface area contributed by atoms with Gasteiger partial charge in [-0.05, 0) is 23.8 Å². The molecule has 0 heterocycles. The van der Waals surface area contributed by atoms with E-state index >= 15 is 0 Å². The summed E-state index contributed by atoms with van der Waals surface area (Å²) >= 11 is 0. The predicted molar refractivity (Wildman–Crippen MR) is 78.2 cm³/mol. The van der Waals surface area contributed by atoms with E-state index in [9.17, 15) is 5.11 Å². The van der Waals surface area contributed by atoms with Crippen LogP contribution in [0.1, 0.15) is 5.56 Å². The molecule has 1 atom stereocenters. The Morgan fingerprint density at radius 3 is 2.70 bits per heavy atom. The van der Waals surface area contributed by atoms with Crippen molar-refractivity contribution in [1.29, 1.82) is 5.26 Å². The summed E-state index contributed by atoms with van der Waals surface area (Å²) in [5, 5.41) is 30.3. The number of aliphatic hydroxyl groups excluding tert-OH is 2. The highest BCUT2D eigenvalue weighted by Crippen LogP contribution is 2.28. The maximum atomic E-state index is 9.41. The van der Waals surface area contributed by atoms with Crippen molar-refractivity contribution < 1.29 is 10.2 Å². The number of nitrogens with zero attached hydrogens (tertiary/aromatic N) is 1. The highest BCUT2D eigenvalue weighted by Gasteiger charge is 2.07. The summed E-state index contributed by atoms with van der Waals surface area (Å²) in [5.41, 5.74) is 3.35. The molecule has 3 N–H and O–H groups in total. The van der Waals surface area contributed by atoms with Crippen LogP contribution >= 0.6 is 0 Å². The molecule has 0 aliphatic heterocycles. The van der Waals surface area contributed by atoms with Gasteiger partial charge in [0.2, 0.25) is 0 Å². The van der Waals surface area contributed by atoms with Crippen LogP contribution in [0.4, 0.5) is 5.69 Å². The minimum Gasteiger partial charge on any atom is -0.394 e. The first-order chi connectivity index (χ1) is 9.74. The number of aliphatic hydroxyl groups is 2. The molecule has 2 aromatic rings. The first kappa shape index (κ1) is 14.1. The van der Waals surface area contributed by atoms with Crippen molar-refractivity contribution in [3.8, 4) is 17.2 Å². The van der Waals surface area contributed by atoms with Gasteiger partial charge in [-0.15, -0.1) is 0 Å². The van der Waals surface area contributed by atoms with Crippen molar-refractivity contribution in [3.05, 3.63) is 54.1 Å². The molecule has 4 heteroatoms. The van der Waals surface area contributed by atoms with Crippen LogP contribution in [-0.2, 0) is 0 Å². The lowest BCUT2D eigenvalue weighted by Gasteiger charge is -2.14. The van der Waals surface area contributed by atoms with Crippen molar-refractivity contribution in [2.45, 2.75) is 6.10 Å². The Morgan fingerprint density at radius 1 is 1.15 bits per heavy atom. The molecule has 0 aromatic heterocycles. The normalized spacial score (nSPS) is 11.7. The monoisotopic (exact) mass is 268 g/mol. The van der Waals surface area contributed by atoms with Gasteiger partial charge in [0.05, 0.1) is 24.3 Å². The molecule has 0 saturated heterocycles. The third-order valence-electron chi connectivity index (χ3n) is 2.97. The number of anilines is 1. The molecule has 20 heavy (non-hydrogen) atoms. The van der Waals surface area contributed by atoms with E-state index in [1.165, 1.54) is 0 Å². The smallest absolute Gasteiger partial charge is 0.0991 e. The van der Waals surface area contributed by atoms with Crippen LogP contribution in [0.3, 0.4) is 0 Å². The molecule has 0 aliphatic carbocycles. The Labute approximate surface area is 117 Å². The van der Waals surface area contributed by atoms with Crippen molar-refractivity contribution >= 4 is 5.69 Å². The number of nitrogens with one attached hydrogen (secondary N) is 1. The van der Waals surface area contributed by atoms with E-state index in [0.29, 0.717) is 5.56 Å². The Hall–Kier alpha value is -2.35. The average molecular weight is 268 g/mol. The molecule has 4 nitrogen and oxygen atoms in total. The standard InChI is InChI=1S/C16H16N2O2/c17-9-12-4-3-5-13(8-12)15-6-1-2-7-16(15)18-10-14(20)11-19/h1-8,14,18-20H,10-11H2. The third kappa shape index (κ3) is 3.35. The summed E-state index contributed by atoms with van der Waals surface area (Å²) in [6.07, 6.45) is -0.798. The van der Waals surface area contributed by atoms with E-state index in [1.54, 1.807) is 6.07 Å². The molecule has 0 bridgehead atoms. The van der Waals surface area contributed by atoms with Gasteiger partial charge in [0.15, 0.2) is 0 Å². The molecule has 0 spiro atoms. The molecule has 0 amide bonds. The van der Waals surface area contributed by atoms with E-state index in [-0.39, 0.29) is 13.2 Å². The molecule has 102 valence electrons. The highest BCUT2D eigenvalue weighted by atomic mass is 16.3. The second-order valence-electron chi connectivity index (χ2n) is 4.46. The van der Waals surface area contributed by atoms with E-state index in [4.69, 9.17) is 10.4 Å². The lowest BCUT2D eigenvalue weighted by Crippen LogP contribution is -2.23. The Balaban J connectivity index is 2.29. The SMILES string of the molecule is N#Cc1cccc(-c2ccccc2NCC(O)CO)c1. The molecule has 0 radical (unpaired) electrons. The van der Waals surface area contributed by atoms with E-state index in [1.807, 2.05) is 42.5 Å². The molecular weight excluding hydrogens is 252 g/mol. The summed E-state index contributed by atoms with van der Waals surface area (Å²) in [7, 11) is 0. The van der Waals surface area contributed by atoms with Gasteiger partial charge in [0, 0.05) is 17.8 Å². The summed E-state index contributed by atoms with van der Waals surface area (Å²) in [6.45, 7) is -0.00939. The number of hydrogen-bond acceptors (Lipinski definition) is 4. The molecule has 2 rings (SSSR count). The number of nitriles is 1. The molecule has 0 aliphatic rings. The van der Waals surface area contributed by atoms with Crippen molar-refractivity contribution in [2.75, 3.05) is 18.5 Å². The number of para-hydroxylation sites is 1. The van der Waals surface area contributed by atoms with Crippen LogP contribution < -0.4 is 5.32 Å². The molecule has 2 aromatic carbocycles. The van der Waals surface area contributed by atoms with Crippen LogP contribution in [0.15, 0.2) is 48.5 Å². The molecule has 0 saturated carbocycles. The maximum absolute atomic E-state index is 9.41. The van der Waals surface area contributed by atoms with Crippen molar-refractivity contribution in [3.63, 3.8) is 0 Å². The van der Waals surface area contributed by atoms with Crippen LogP contribution in [0.25, 0.3) is 11.1 Å². The number of rotatable bonds is 5. The first-order valence-electron chi connectivity index (χ1n) is 6.37. The van der Waals surface area contributed by atoms with E-state index in [0.717, 1.165) is 16.8 Å². The Bertz CT molecular complexity index is 620. The fourth-order valence-corrected chi connectivity index (χ4v) is 1.94. The van der Waals surface area contributed by atoms with Gasteiger partial charge in [-0.3, -0.25) is 0 Å². The van der Waals surface area contributed by atoms with Gasteiger partial charge in [-0.2, -0.15) is 5.26 Å². The maximum Gasteiger partial charge on any atom is 0.0991 e. The van der Waals surface area contributed by atoms with E-state index in [2.05, 4.69) is 11.4 Å². The Morgan fingerprint density at radius 2 is 1.95 bits per heavy atom. The molecule has 1 unspecified atom stereocenters. The minimum absolute atomic E-state index is 0.269. The zero-order valence-corrected chi connectivity index (χ0v) is 11.0. The second-order valence-corrected chi connectivity index (χ2v) is 4.46. The summed E-state index contributed by atoms with van der Waals surface area (Å²) in [6, 6.07) is 17.1. The topological polar surface area (TPSA) is 76.3 Å². The number of benzene rings is 2. The van der Waals surface area contributed by atoms with Gasteiger partial charge >= 0.3 is 0 Å². The second kappa shape index (κ2) is 6.71. The third-order valence-corrected chi connectivity index (χ3v) is 2.97. The summed E-state index contributed by atoms with van der Waals surface area (Å²) in [5.74, 6) is 0. The van der Waals surface area contributed by atoms with E-state index < -0.39 is 6.10 Å². The van der Waals surface area contributed by atoms with Crippen LogP contribution in [0.2, 0.25) is 0 Å². The number of hydrogen-bond donors (Lipinski definition) is 3. The fourth-order valence-electron chi connectivity index (χ4n) is 1.94. The minimum atomic E-state index is -0.798. The van der Waals surface area contributed by atoms with Crippen molar-refractivity contribution in [2.24, 2.45) is 0 Å². The summed E-state index contributed by atoms with van der Waals surface area (Å²) < 4.78 is 0. The average Bonchev–Trinajstić information content (AvgIpc) is 2.52. The quantitative estimate of drug-likeness (QED) is 0.775. The highest BCUT2D eigenvalue weighted by molar-refractivity contribution is 5.78. The zero-order valence-electron chi connectivity index (χ0n) is 11.0. The fraction of sp³-hybridized carbons (Fsp3) is 0.188. The van der Waals surface area contributed by atoms with Gasteiger partial charge in [0.25, 0.3) is 0 Å². The predicted octanol–water partition coefficient (Wildman–Crippen LogP) is 1.99.